The molecule has 0 aliphatic heterocycles. The van der Waals surface area contributed by atoms with Crippen molar-refractivity contribution in [3.63, 3.8) is 0 Å². The highest BCUT2D eigenvalue weighted by molar-refractivity contribution is 9.11. The van der Waals surface area contributed by atoms with Gasteiger partial charge in [0.05, 0.1) is 8.68 Å². The lowest BCUT2D eigenvalue weighted by molar-refractivity contribution is 0.575. The molecule has 1 aromatic heterocycles. The second kappa shape index (κ2) is 6.84. The molecule has 0 bridgehead atoms. The summed E-state index contributed by atoms with van der Waals surface area (Å²) in [5.41, 5.74) is 0. The Balaban J connectivity index is 2.54. The van der Waals surface area contributed by atoms with E-state index < -0.39 is 10.0 Å². The zero-order valence-electron chi connectivity index (χ0n) is 9.92. The van der Waals surface area contributed by atoms with Gasteiger partial charge in [0.1, 0.15) is 0 Å². The third kappa shape index (κ3) is 4.67. The van der Waals surface area contributed by atoms with Gasteiger partial charge in [-0.05, 0) is 41.9 Å². The molecule has 4 nitrogen and oxygen atoms in total. The molecule has 2 N–H and O–H groups in total. The average molecular weight is 341 g/mol. The Kier molecular flexibility index (Phi) is 6.08. The molecule has 1 rings (SSSR count). The summed E-state index contributed by atoms with van der Waals surface area (Å²) in [6, 6.07) is 1.64. The first-order valence-corrected chi connectivity index (χ1v) is 8.53. The Morgan fingerprint density at radius 2 is 2.06 bits per heavy atom. The molecule has 0 spiro atoms. The minimum atomic E-state index is -3.37. The lowest BCUT2D eigenvalue weighted by atomic mass is 10.5. The molecular weight excluding hydrogens is 324 g/mol. The van der Waals surface area contributed by atoms with Crippen molar-refractivity contribution < 1.29 is 8.42 Å². The van der Waals surface area contributed by atoms with Gasteiger partial charge in [-0.25, -0.2) is 13.1 Å². The number of aryl methyl sites for hydroxylation is 1. The second-order valence-electron chi connectivity index (χ2n) is 3.62. The van der Waals surface area contributed by atoms with Gasteiger partial charge in [0.15, 0.2) is 0 Å². The Morgan fingerprint density at radius 1 is 1.35 bits per heavy atom. The predicted octanol–water partition coefficient (Wildman–Crippen LogP) is 2.10. The lowest BCUT2D eigenvalue weighted by Crippen LogP contribution is -2.32. The van der Waals surface area contributed by atoms with Crippen LogP contribution in [0.5, 0.6) is 0 Å². The van der Waals surface area contributed by atoms with Crippen LogP contribution in [0.1, 0.15) is 18.2 Å². The van der Waals surface area contributed by atoms with Gasteiger partial charge >= 0.3 is 0 Å². The average Bonchev–Trinajstić information content (AvgIpc) is 2.58. The summed E-state index contributed by atoms with van der Waals surface area (Å²) < 4.78 is 27.3. The molecule has 17 heavy (non-hydrogen) atoms. The van der Waals surface area contributed by atoms with E-state index in [0.717, 1.165) is 21.6 Å². The topological polar surface area (TPSA) is 58.2 Å². The van der Waals surface area contributed by atoms with Gasteiger partial charge < -0.3 is 5.32 Å². The van der Waals surface area contributed by atoms with Crippen LogP contribution in [0.3, 0.4) is 0 Å². The number of hydrogen-bond donors (Lipinski definition) is 2. The maximum Gasteiger partial charge on any atom is 0.241 e. The van der Waals surface area contributed by atoms with Crippen molar-refractivity contribution in [2.45, 2.75) is 25.2 Å². The zero-order valence-corrected chi connectivity index (χ0v) is 13.1. The fourth-order valence-corrected chi connectivity index (χ4v) is 4.79. The monoisotopic (exact) mass is 340 g/mol. The molecule has 98 valence electrons. The molecule has 0 amide bonds. The Hall–Kier alpha value is 0.0500. The van der Waals surface area contributed by atoms with E-state index in [-0.39, 0.29) is 0 Å². The zero-order chi connectivity index (χ0) is 12.9. The lowest BCUT2D eigenvalue weighted by Gasteiger charge is -2.06. The summed E-state index contributed by atoms with van der Waals surface area (Å²) in [6.07, 6.45) is 1.04. The van der Waals surface area contributed by atoms with Gasteiger partial charge in [-0.1, -0.05) is 6.92 Å². The number of halogens is 1. The molecule has 0 atom stereocenters. The van der Waals surface area contributed by atoms with Crippen molar-refractivity contribution in [2.24, 2.45) is 0 Å². The molecule has 0 saturated carbocycles. The predicted molar refractivity (Wildman–Crippen MR) is 75.1 cm³/mol. The van der Waals surface area contributed by atoms with Crippen molar-refractivity contribution in [2.75, 3.05) is 19.6 Å². The van der Waals surface area contributed by atoms with Crippen LogP contribution >= 0.6 is 27.3 Å². The SMILES string of the molecule is CCCNCCNS(=O)(=O)c1cc(Br)sc1C. The molecule has 7 heteroatoms. The fourth-order valence-electron chi connectivity index (χ4n) is 1.35. The normalized spacial score (nSPS) is 11.9. The van der Waals surface area contributed by atoms with Crippen molar-refractivity contribution >= 4 is 37.3 Å². The van der Waals surface area contributed by atoms with E-state index in [2.05, 4.69) is 32.9 Å². The van der Waals surface area contributed by atoms with E-state index in [1.54, 1.807) is 13.0 Å². The van der Waals surface area contributed by atoms with Gasteiger partial charge in [0, 0.05) is 18.0 Å². The fraction of sp³-hybridized carbons (Fsp3) is 0.600. The molecule has 0 fully saturated rings. The van der Waals surface area contributed by atoms with Crippen molar-refractivity contribution in [3.8, 4) is 0 Å². The molecule has 0 radical (unpaired) electrons. The van der Waals surface area contributed by atoms with E-state index in [1.807, 2.05) is 0 Å². The maximum absolute atomic E-state index is 11.9. The van der Waals surface area contributed by atoms with Crippen molar-refractivity contribution in [3.05, 3.63) is 14.7 Å². The van der Waals surface area contributed by atoms with Crippen molar-refractivity contribution in [1.29, 1.82) is 0 Å². The third-order valence-corrected chi connectivity index (χ3v) is 5.42. The standard InChI is InChI=1S/C10H17BrN2O2S2/c1-3-4-12-5-6-13-17(14,15)9-7-10(11)16-8(9)2/h7,12-13H,3-6H2,1-2H3. The van der Waals surface area contributed by atoms with Gasteiger partial charge in [-0.2, -0.15) is 0 Å². The summed E-state index contributed by atoms with van der Waals surface area (Å²) in [5, 5.41) is 3.15. The Bertz CT molecular complexity index is 457. The molecular formula is C10H17BrN2O2S2. The first-order valence-electron chi connectivity index (χ1n) is 5.43. The maximum atomic E-state index is 11.9. The van der Waals surface area contributed by atoms with Crippen LogP contribution in [0.4, 0.5) is 0 Å². The highest BCUT2D eigenvalue weighted by Crippen LogP contribution is 2.29. The van der Waals surface area contributed by atoms with E-state index in [0.29, 0.717) is 18.0 Å². The van der Waals surface area contributed by atoms with Crippen LogP contribution in [0.2, 0.25) is 0 Å². The first-order chi connectivity index (χ1) is 7.97. The number of hydrogen-bond acceptors (Lipinski definition) is 4. The quantitative estimate of drug-likeness (QED) is 0.747. The summed E-state index contributed by atoms with van der Waals surface area (Å²) in [4.78, 5) is 1.16. The molecule has 1 aromatic rings. The molecule has 0 unspecified atom stereocenters. The summed E-state index contributed by atoms with van der Waals surface area (Å²) in [6.45, 7) is 5.85. The van der Waals surface area contributed by atoms with Crippen LogP contribution in [0.25, 0.3) is 0 Å². The van der Waals surface area contributed by atoms with E-state index >= 15 is 0 Å². The summed E-state index contributed by atoms with van der Waals surface area (Å²) >= 11 is 4.72. The number of rotatable bonds is 7. The van der Waals surface area contributed by atoms with Crippen LogP contribution in [-0.4, -0.2) is 28.1 Å². The highest BCUT2D eigenvalue weighted by atomic mass is 79.9. The molecule has 0 aliphatic carbocycles. The largest absolute Gasteiger partial charge is 0.315 e. The first kappa shape index (κ1) is 15.1. The molecule has 0 aromatic carbocycles. The van der Waals surface area contributed by atoms with Gasteiger partial charge in [-0.15, -0.1) is 11.3 Å². The van der Waals surface area contributed by atoms with Gasteiger partial charge in [-0.3, -0.25) is 0 Å². The smallest absolute Gasteiger partial charge is 0.241 e. The molecule has 0 aliphatic rings. The van der Waals surface area contributed by atoms with Crippen LogP contribution < -0.4 is 10.0 Å². The van der Waals surface area contributed by atoms with Crippen molar-refractivity contribution in [1.82, 2.24) is 10.0 Å². The molecule has 0 saturated heterocycles. The van der Waals surface area contributed by atoms with Gasteiger partial charge in [0.2, 0.25) is 10.0 Å². The Morgan fingerprint density at radius 3 is 2.59 bits per heavy atom. The van der Waals surface area contributed by atoms with E-state index in [4.69, 9.17) is 0 Å². The minimum absolute atomic E-state index is 0.366. The summed E-state index contributed by atoms with van der Waals surface area (Å²) in [7, 11) is -3.37. The van der Waals surface area contributed by atoms with E-state index in [9.17, 15) is 8.42 Å². The Labute approximate surface area is 115 Å². The summed E-state index contributed by atoms with van der Waals surface area (Å²) in [5.74, 6) is 0. The molecule has 1 heterocycles. The van der Waals surface area contributed by atoms with Crippen LogP contribution in [0, 0.1) is 6.92 Å². The number of nitrogens with one attached hydrogen (secondary N) is 2. The van der Waals surface area contributed by atoms with Crippen LogP contribution in [0.15, 0.2) is 14.7 Å². The number of thiophene rings is 1. The highest BCUT2D eigenvalue weighted by Gasteiger charge is 2.18. The minimum Gasteiger partial charge on any atom is -0.315 e. The van der Waals surface area contributed by atoms with E-state index in [1.165, 1.54) is 11.3 Å². The number of sulfonamides is 1. The third-order valence-electron chi connectivity index (χ3n) is 2.15. The van der Waals surface area contributed by atoms with Crippen LogP contribution in [-0.2, 0) is 10.0 Å². The second-order valence-corrected chi connectivity index (χ2v) is 7.99. The van der Waals surface area contributed by atoms with Gasteiger partial charge in [0.25, 0.3) is 0 Å².